The molecule has 202 valence electrons. The molecule has 0 aliphatic carbocycles. The van der Waals surface area contributed by atoms with Crippen LogP contribution >= 0.6 is 0 Å². The molecular weight excluding hydrogens is 516 g/mol. The Bertz CT molecular complexity index is 1360. The highest BCUT2D eigenvalue weighted by molar-refractivity contribution is 7.89. The maximum atomic E-state index is 13.3. The Morgan fingerprint density at radius 1 is 1.00 bits per heavy atom. The second-order valence-electron chi connectivity index (χ2n) is 9.25. The lowest BCUT2D eigenvalue weighted by Gasteiger charge is -2.26. The van der Waals surface area contributed by atoms with Crippen LogP contribution in [0.15, 0.2) is 47.4 Å². The molecular formula is C25H28N4O8S. The number of hydrogen-bond donors (Lipinski definition) is 2. The third kappa shape index (κ3) is 4.91. The van der Waals surface area contributed by atoms with E-state index in [1.165, 1.54) is 28.6 Å². The molecule has 3 heterocycles. The number of rotatable bonds is 6. The van der Waals surface area contributed by atoms with Crippen molar-refractivity contribution in [2.24, 2.45) is 0 Å². The van der Waals surface area contributed by atoms with Gasteiger partial charge in [0.05, 0.1) is 31.3 Å². The number of ether oxygens (including phenoxy) is 3. The van der Waals surface area contributed by atoms with Gasteiger partial charge in [0.25, 0.3) is 5.91 Å². The second-order valence-corrected chi connectivity index (χ2v) is 11.2. The summed E-state index contributed by atoms with van der Waals surface area (Å²) in [4.78, 5) is 39.6. The van der Waals surface area contributed by atoms with Gasteiger partial charge in [0.2, 0.25) is 15.9 Å². The molecule has 2 fully saturated rings. The lowest BCUT2D eigenvalue weighted by molar-refractivity contribution is -0.133. The Morgan fingerprint density at radius 3 is 2.39 bits per heavy atom. The predicted octanol–water partition coefficient (Wildman–Crippen LogP) is 1.27. The number of urea groups is 1. The Labute approximate surface area is 219 Å². The van der Waals surface area contributed by atoms with Crippen LogP contribution in [0.4, 0.5) is 10.5 Å². The van der Waals surface area contributed by atoms with E-state index in [-0.39, 0.29) is 18.0 Å². The number of fused-ring (bicyclic) bond motifs is 1. The minimum absolute atomic E-state index is 0.0948. The molecule has 2 N–H and O–H groups in total. The van der Waals surface area contributed by atoms with Crippen molar-refractivity contribution < 1.29 is 37.0 Å². The summed E-state index contributed by atoms with van der Waals surface area (Å²) in [5.74, 6) is -0.149. The molecule has 0 saturated carbocycles. The summed E-state index contributed by atoms with van der Waals surface area (Å²) in [6.45, 7) is 3.27. The smallest absolute Gasteiger partial charge is 0.325 e. The van der Waals surface area contributed by atoms with E-state index in [2.05, 4.69) is 10.6 Å². The number of sulfonamides is 1. The van der Waals surface area contributed by atoms with E-state index in [9.17, 15) is 22.8 Å². The van der Waals surface area contributed by atoms with Crippen LogP contribution < -0.4 is 20.1 Å². The summed E-state index contributed by atoms with van der Waals surface area (Å²) in [6.07, 6.45) is 0.728. The zero-order valence-electron chi connectivity index (χ0n) is 20.8. The van der Waals surface area contributed by atoms with Crippen molar-refractivity contribution in [2.45, 2.75) is 23.8 Å². The van der Waals surface area contributed by atoms with Gasteiger partial charge in [0.15, 0.2) is 11.5 Å². The van der Waals surface area contributed by atoms with Gasteiger partial charge in [0.1, 0.15) is 12.1 Å². The fourth-order valence-electron chi connectivity index (χ4n) is 4.50. The molecule has 2 aromatic carbocycles. The van der Waals surface area contributed by atoms with E-state index in [1.807, 2.05) is 0 Å². The Morgan fingerprint density at radius 2 is 1.68 bits per heavy atom. The van der Waals surface area contributed by atoms with Crippen molar-refractivity contribution in [1.82, 2.24) is 14.5 Å². The van der Waals surface area contributed by atoms with Crippen molar-refractivity contribution in [3.63, 3.8) is 0 Å². The van der Waals surface area contributed by atoms with Crippen molar-refractivity contribution in [3.05, 3.63) is 48.0 Å². The largest absolute Gasteiger partial charge is 0.490 e. The zero-order valence-corrected chi connectivity index (χ0v) is 21.6. The molecule has 0 aromatic heterocycles. The molecule has 12 nitrogen and oxygen atoms in total. The number of nitrogens with zero attached hydrogens (tertiary/aromatic N) is 2. The summed E-state index contributed by atoms with van der Waals surface area (Å²) in [6, 6.07) is 10.0. The van der Waals surface area contributed by atoms with E-state index in [4.69, 9.17) is 14.2 Å². The molecule has 1 atom stereocenters. The first kappa shape index (κ1) is 25.9. The maximum absolute atomic E-state index is 13.3. The zero-order chi connectivity index (χ0) is 26.9. The molecule has 0 spiro atoms. The highest BCUT2D eigenvalue weighted by Gasteiger charge is 2.49. The lowest BCUT2D eigenvalue weighted by Crippen LogP contribution is -2.42. The molecule has 5 rings (SSSR count). The monoisotopic (exact) mass is 544 g/mol. The number of anilines is 1. The number of morpholine rings is 1. The van der Waals surface area contributed by atoms with Crippen molar-refractivity contribution in [3.8, 4) is 11.5 Å². The van der Waals surface area contributed by atoms with Gasteiger partial charge in [-0.25, -0.2) is 13.2 Å². The van der Waals surface area contributed by atoms with Gasteiger partial charge in [-0.3, -0.25) is 14.5 Å². The van der Waals surface area contributed by atoms with Crippen LogP contribution in [0.1, 0.15) is 18.9 Å². The molecule has 0 radical (unpaired) electrons. The van der Waals surface area contributed by atoms with E-state index in [1.54, 1.807) is 25.1 Å². The molecule has 38 heavy (non-hydrogen) atoms. The highest BCUT2D eigenvalue weighted by Crippen LogP contribution is 2.36. The van der Waals surface area contributed by atoms with Gasteiger partial charge in [-0.15, -0.1) is 0 Å². The standard InChI is InChI=1S/C25H28N4O8S/c1-25(17-3-8-20-21(15-17)37-12-2-11-36-20)23(31)29(24(32)27-25)16-22(30)26-18-4-6-19(7-5-18)38(33,34)28-9-13-35-14-10-28/h3-8,15H,2,9-14,16H2,1H3,(H,26,30)(H,27,32). The third-order valence-electron chi connectivity index (χ3n) is 6.65. The number of amides is 4. The fraction of sp³-hybridized carbons (Fsp3) is 0.400. The summed E-state index contributed by atoms with van der Waals surface area (Å²) in [5.41, 5.74) is -0.564. The van der Waals surface area contributed by atoms with Crippen LogP contribution in [0, 0.1) is 0 Å². The highest BCUT2D eigenvalue weighted by atomic mass is 32.2. The summed E-state index contributed by atoms with van der Waals surface area (Å²) >= 11 is 0. The minimum atomic E-state index is -3.67. The number of benzene rings is 2. The van der Waals surface area contributed by atoms with Crippen LogP contribution in [-0.4, -0.2) is 81.5 Å². The van der Waals surface area contributed by atoms with Crippen LogP contribution in [0.5, 0.6) is 11.5 Å². The average molecular weight is 545 g/mol. The van der Waals surface area contributed by atoms with Crippen molar-refractivity contribution in [1.29, 1.82) is 0 Å². The van der Waals surface area contributed by atoms with Gasteiger partial charge in [-0.05, 0) is 48.9 Å². The van der Waals surface area contributed by atoms with Gasteiger partial charge >= 0.3 is 6.03 Å². The Kier molecular flexibility index (Phi) is 6.99. The number of imide groups is 1. The van der Waals surface area contributed by atoms with Crippen LogP contribution in [0.2, 0.25) is 0 Å². The minimum Gasteiger partial charge on any atom is -0.490 e. The number of carbonyl (C=O) groups excluding carboxylic acids is 3. The SMILES string of the molecule is CC1(c2ccc3c(c2)OCCCO3)NC(=O)N(CC(=O)Nc2ccc(S(=O)(=O)N3CCOCC3)cc2)C1=O. The average Bonchev–Trinajstić information content (AvgIpc) is 3.07. The second kappa shape index (κ2) is 10.2. The molecule has 1 unspecified atom stereocenters. The van der Waals surface area contributed by atoms with E-state index in [0.29, 0.717) is 49.2 Å². The lowest BCUT2D eigenvalue weighted by atomic mass is 9.91. The fourth-order valence-corrected chi connectivity index (χ4v) is 5.91. The maximum Gasteiger partial charge on any atom is 0.325 e. The van der Waals surface area contributed by atoms with Crippen molar-refractivity contribution in [2.75, 3.05) is 51.4 Å². The normalized spacial score (nSPS) is 22.1. The molecule has 0 bridgehead atoms. The summed E-state index contributed by atoms with van der Waals surface area (Å²) < 4.78 is 43.4. The first-order valence-electron chi connectivity index (χ1n) is 12.2. The number of nitrogens with one attached hydrogen (secondary N) is 2. The number of carbonyl (C=O) groups is 3. The molecule has 3 aliphatic heterocycles. The van der Waals surface area contributed by atoms with Crippen molar-refractivity contribution >= 4 is 33.6 Å². The Balaban J connectivity index is 1.25. The third-order valence-corrected chi connectivity index (χ3v) is 8.56. The first-order valence-corrected chi connectivity index (χ1v) is 13.6. The van der Waals surface area contributed by atoms with Crippen LogP contribution in [-0.2, 0) is 29.9 Å². The van der Waals surface area contributed by atoms with Gasteiger partial charge < -0.3 is 24.8 Å². The predicted molar refractivity (Wildman–Crippen MR) is 134 cm³/mol. The van der Waals surface area contributed by atoms with E-state index >= 15 is 0 Å². The first-order chi connectivity index (χ1) is 18.2. The van der Waals surface area contributed by atoms with Gasteiger partial charge in [-0.2, -0.15) is 4.31 Å². The Hall–Kier alpha value is -3.68. The quantitative estimate of drug-likeness (QED) is 0.518. The van der Waals surface area contributed by atoms with E-state index < -0.39 is 40.0 Å². The van der Waals surface area contributed by atoms with Gasteiger partial charge in [-0.1, -0.05) is 6.07 Å². The topological polar surface area (TPSA) is 144 Å². The molecule has 2 saturated heterocycles. The van der Waals surface area contributed by atoms with Gasteiger partial charge in [0, 0.05) is 25.2 Å². The molecule has 2 aromatic rings. The van der Waals surface area contributed by atoms with E-state index in [0.717, 1.165) is 11.3 Å². The van der Waals surface area contributed by atoms with Crippen LogP contribution in [0.3, 0.4) is 0 Å². The number of hydrogen-bond acceptors (Lipinski definition) is 8. The molecule has 13 heteroatoms. The molecule has 4 amide bonds. The summed E-state index contributed by atoms with van der Waals surface area (Å²) in [5, 5.41) is 5.28. The molecule has 3 aliphatic rings. The van der Waals surface area contributed by atoms with Crippen LogP contribution in [0.25, 0.3) is 0 Å². The summed E-state index contributed by atoms with van der Waals surface area (Å²) in [7, 11) is -3.67.